The summed E-state index contributed by atoms with van der Waals surface area (Å²) in [6, 6.07) is 6.37. The largest absolute Gasteiger partial charge is 0.480 e. The van der Waals surface area contributed by atoms with E-state index in [-0.39, 0.29) is 18.2 Å². The van der Waals surface area contributed by atoms with E-state index in [0.29, 0.717) is 12.8 Å². The third-order valence-electron chi connectivity index (χ3n) is 3.73. The van der Waals surface area contributed by atoms with Gasteiger partial charge in [0.1, 0.15) is 6.04 Å². The lowest BCUT2D eigenvalue weighted by molar-refractivity contribution is -0.141. The Morgan fingerprint density at radius 3 is 2.50 bits per heavy atom. The van der Waals surface area contributed by atoms with Crippen LogP contribution in [0.4, 0.5) is 5.69 Å². The van der Waals surface area contributed by atoms with Gasteiger partial charge in [-0.15, -0.1) is 0 Å². The monoisotopic (exact) mass is 304 g/mol. The van der Waals surface area contributed by atoms with E-state index in [2.05, 4.69) is 5.32 Å². The molecule has 0 bridgehead atoms. The number of carboxylic acid groups (broad SMARTS) is 1. The molecule has 118 valence electrons. The van der Waals surface area contributed by atoms with Crippen molar-refractivity contribution in [3.05, 3.63) is 29.8 Å². The predicted molar refractivity (Wildman–Crippen MR) is 81.6 cm³/mol. The number of amides is 2. The van der Waals surface area contributed by atoms with Gasteiger partial charge in [-0.05, 0) is 30.5 Å². The molecule has 0 spiro atoms. The fourth-order valence-electron chi connectivity index (χ4n) is 2.48. The fourth-order valence-corrected chi connectivity index (χ4v) is 2.48. The Labute approximate surface area is 129 Å². The van der Waals surface area contributed by atoms with E-state index in [1.54, 1.807) is 24.0 Å². The van der Waals surface area contributed by atoms with Crippen LogP contribution in [-0.2, 0) is 20.8 Å². The van der Waals surface area contributed by atoms with Gasteiger partial charge in [0.25, 0.3) is 0 Å². The van der Waals surface area contributed by atoms with Gasteiger partial charge in [-0.3, -0.25) is 9.59 Å². The van der Waals surface area contributed by atoms with Gasteiger partial charge in [0, 0.05) is 18.7 Å². The molecule has 1 heterocycles. The topological polar surface area (TPSA) is 86.7 Å². The van der Waals surface area contributed by atoms with E-state index in [4.69, 9.17) is 5.11 Å². The normalized spacial score (nSPS) is 15.7. The van der Waals surface area contributed by atoms with Crippen molar-refractivity contribution < 1.29 is 19.5 Å². The van der Waals surface area contributed by atoms with Crippen molar-refractivity contribution in [2.75, 3.05) is 11.4 Å². The van der Waals surface area contributed by atoms with Crippen LogP contribution in [0, 0.1) is 0 Å². The van der Waals surface area contributed by atoms with Crippen molar-refractivity contribution >= 4 is 23.5 Å². The van der Waals surface area contributed by atoms with Crippen LogP contribution < -0.4 is 10.2 Å². The van der Waals surface area contributed by atoms with Gasteiger partial charge in [-0.25, -0.2) is 4.79 Å². The van der Waals surface area contributed by atoms with E-state index in [1.807, 2.05) is 12.1 Å². The quantitative estimate of drug-likeness (QED) is 0.830. The highest BCUT2D eigenvalue weighted by molar-refractivity contribution is 5.95. The van der Waals surface area contributed by atoms with Gasteiger partial charge in [-0.1, -0.05) is 19.1 Å². The van der Waals surface area contributed by atoms with Gasteiger partial charge in [0.2, 0.25) is 11.8 Å². The smallest absolute Gasteiger partial charge is 0.326 e. The number of nitrogens with one attached hydrogen (secondary N) is 1. The van der Waals surface area contributed by atoms with Crippen molar-refractivity contribution in [1.29, 1.82) is 0 Å². The lowest BCUT2D eigenvalue weighted by Gasteiger charge is -2.16. The van der Waals surface area contributed by atoms with Crippen LogP contribution in [0.15, 0.2) is 24.3 Å². The fraction of sp³-hybridized carbons (Fsp3) is 0.438. The van der Waals surface area contributed by atoms with Crippen LogP contribution in [0.1, 0.15) is 31.7 Å². The minimum atomic E-state index is -1.03. The van der Waals surface area contributed by atoms with Crippen molar-refractivity contribution in [2.45, 2.75) is 38.6 Å². The highest BCUT2D eigenvalue weighted by Crippen LogP contribution is 2.21. The summed E-state index contributed by atoms with van der Waals surface area (Å²) >= 11 is 0. The maximum Gasteiger partial charge on any atom is 0.326 e. The van der Waals surface area contributed by atoms with Crippen molar-refractivity contribution in [1.82, 2.24) is 5.32 Å². The summed E-state index contributed by atoms with van der Waals surface area (Å²) in [7, 11) is 0. The summed E-state index contributed by atoms with van der Waals surface area (Å²) in [5, 5.41) is 11.4. The highest BCUT2D eigenvalue weighted by Gasteiger charge is 2.21. The summed E-state index contributed by atoms with van der Waals surface area (Å²) in [5.74, 6) is -1.23. The van der Waals surface area contributed by atoms with Crippen molar-refractivity contribution in [3.8, 4) is 0 Å². The molecule has 6 heteroatoms. The zero-order chi connectivity index (χ0) is 16.1. The second-order valence-electron chi connectivity index (χ2n) is 5.36. The zero-order valence-electron chi connectivity index (χ0n) is 12.5. The molecule has 0 aromatic heterocycles. The Kier molecular flexibility index (Phi) is 5.14. The first-order valence-corrected chi connectivity index (χ1v) is 7.42. The number of aliphatic carboxylic acids is 1. The number of hydrogen-bond acceptors (Lipinski definition) is 3. The summed E-state index contributed by atoms with van der Waals surface area (Å²) in [6.45, 7) is 2.44. The molecular weight excluding hydrogens is 284 g/mol. The summed E-state index contributed by atoms with van der Waals surface area (Å²) in [5.41, 5.74) is 1.62. The molecule has 2 amide bonds. The van der Waals surface area contributed by atoms with Crippen LogP contribution in [0.3, 0.4) is 0 Å². The third kappa shape index (κ3) is 3.84. The first-order valence-electron chi connectivity index (χ1n) is 7.42. The molecular formula is C16H20N2O4. The Hall–Kier alpha value is -2.37. The van der Waals surface area contributed by atoms with Crippen LogP contribution in [-0.4, -0.2) is 35.5 Å². The van der Waals surface area contributed by atoms with Crippen LogP contribution in [0.2, 0.25) is 0 Å². The maximum atomic E-state index is 11.8. The molecule has 1 aliphatic rings. The molecule has 2 N–H and O–H groups in total. The number of anilines is 1. The number of carbonyl (C=O) groups is 3. The van der Waals surface area contributed by atoms with E-state index >= 15 is 0 Å². The molecule has 1 atom stereocenters. The number of carboxylic acids is 1. The Morgan fingerprint density at radius 1 is 1.32 bits per heavy atom. The molecule has 1 aromatic rings. The maximum absolute atomic E-state index is 11.8. The minimum Gasteiger partial charge on any atom is -0.480 e. The van der Waals surface area contributed by atoms with Gasteiger partial charge < -0.3 is 15.3 Å². The Balaban J connectivity index is 1.95. The molecule has 22 heavy (non-hydrogen) atoms. The number of benzene rings is 1. The van der Waals surface area contributed by atoms with Crippen LogP contribution in [0.5, 0.6) is 0 Å². The highest BCUT2D eigenvalue weighted by atomic mass is 16.4. The molecule has 0 unspecified atom stereocenters. The van der Waals surface area contributed by atoms with Crippen molar-refractivity contribution in [2.24, 2.45) is 0 Å². The average Bonchev–Trinajstić information content (AvgIpc) is 2.91. The molecule has 0 saturated carbocycles. The minimum absolute atomic E-state index is 0.123. The van der Waals surface area contributed by atoms with Gasteiger partial charge in [0.15, 0.2) is 0 Å². The second-order valence-corrected chi connectivity index (χ2v) is 5.36. The van der Waals surface area contributed by atoms with E-state index < -0.39 is 12.0 Å². The lowest BCUT2D eigenvalue weighted by Crippen LogP contribution is -2.40. The lowest BCUT2D eigenvalue weighted by atomic mass is 10.1. The Bertz CT molecular complexity index is 568. The second kappa shape index (κ2) is 7.06. The molecule has 1 saturated heterocycles. The van der Waals surface area contributed by atoms with E-state index in [9.17, 15) is 14.4 Å². The number of rotatable bonds is 6. The van der Waals surface area contributed by atoms with Gasteiger partial charge in [-0.2, -0.15) is 0 Å². The average molecular weight is 304 g/mol. The van der Waals surface area contributed by atoms with Crippen molar-refractivity contribution in [3.63, 3.8) is 0 Å². The third-order valence-corrected chi connectivity index (χ3v) is 3.73. The molecule has 1 fully saturated rings. The van der Waals surface area contributed by atoms with E-state index in [1.165, 1.54) is 0 Å². The number of nitrogens with zero attached hydrogens (tertiary/aromatic N) is 1. The van der Waals surface area contributed by atoms with Crippen LogP contribution >= 0.6 is 0 Å². The molecule has 0 aliphatic carbocycles. The zero-order valence-corrected chi connectivity index (χ0v) is 12.5. The molecule has 0 radical (unpaired) electrons. The molecule has 1 aromatic carbocycles. The Morgan fingerprint density at radius 2 is 2.00 bits per heavy atom. The van der Waals surface area contributed by atoms with Gasteiger partial charge >= 0.3 is 5.97 Å². The first kappa shape index (κ1) is 16.0. The number of hydrogen-bond donors (Lipinski definition) is 2. The molecule has 6 nitrogen and oxygen atoms in total. The molecule has 1 aliphatic heterocycles. The standard InChI is InChI=1S/C16H20N2O4/c1-2-13(16(21)22)17-14(19)10-11-5-7-12(8-6-11)18-9-3-4-15(18)20/h5-8,13H,2-4,9-10H2,1H3,(H,17,19)(H,21,22)/t13-/m0/s1. The summed E-state index contributed by atoms with van der Waals surface area (Å²) < 4.78 is 0. The molecule has 2 rings (SSSR count). The summed E-state index contributed by atoms with van der Waals surface area (Å²) in [4.78, 5) is 36.1. The van der Waals surface area contributed by atoms with Gasteiger partial charge in [0.05, 0.1) is 6.42 Å². The predicted octanol–water partition coefficient (Wildman–Crippen LogP) is 1.34. The first-order chi connectivity index (χ1) is 10.5. The SMILES string of the molecule is CC[C@H](NC(=O)Cc1ccc(N2CCCC2=O)cc1)C(=O)O. The summed E-state index contributed by atoms with van der Waals surface area (Å²) in [6.07, 6.45) is 1.92. The van der Waals surface area contributed by atoms with E-state index in [0.717, 1.165) is 24.2 Å². The van der Waals surface area contributed by atoms with Crippen LogP contribution in [0.25, 0.3) is 0 Å². The number of carbonyl (C=O) groups excluding carboxylic acids is 2.